The third kappa shape index (κ3) is 3.28. The first-order valence-electron chi connectivity index (χ1n) is 9.75. The van der Waals surface area contributed by atoms with Crippen molar-refractivity contribution in [1.29, 1.82) is 0 Å². The van der Waals surface area contributed by atoms with Crippen molar-refractivity contribution in [3.05, 3.63) is 41.5 Å². The minimum Gasteiger partial charge on any atom is -0.504 e. The van der Waals surface area contributed by atoms with Crippen LogP contribution in [0.1, 0.15) is 35.2 Å². The Morgan fingerprint density at radius 1 is 1.24 bits per heavy atom. The summed E-state index contributed by atoms with van der Waals surface area (Å²) in [7, 11) is 0. The van der Waals surface area contributed by atoms with Gasteiger partial charge in [0, 0.05) is 42.8 Å². The van der Waals surface area contributed by atoms with Crippen LogP contribution in [0, 0.1) is 11.9 Å². The van der Waals surface area contributed by atoms with Crippen LogP contribution in [0.4, 0.5) is 4.39 Å². The number of nitrogens with one attached hydrogen (secondary N) is 1. The van der Waals surface area contributed by atoms with E-state index in [2.05, 4.69) is 10.3 Å². The number of pyridine rings is 1. The molecule has 7 nitrogen and oxygen atoms in total. The van der Waals surface area contributed by atoms with E-state index in [1.807, 2.05) is 4.90 Å². The maximum Gasteiger partial charge on any atom is 0.255 e. The van der Waals surface area contributed by atoms with Gasteiger partial charge < -0.3 is 20.1 Å². The van der Waals surface area contributed by atoms with Crippen LogP contribution in [-0.2, 0) is 11.3 Å². The van der Waals surface area contributed by atoms with Gasteiger partial charge in [0.15, 0.2) is 5.75 Å². The molecular formula is C21H20FN3O4. The first kappa shape index (κ1) is 17.9. The number of halogens is 1. The van der Waals surface area contributed by atoms with Crippen LogP contribution < -0.4 is 10.1 Å². The Hall–Kier alpha value is -3.16. The molecule has 3 aliphatic rings. The summed E-state index contributed by atoms with van der Waals surface area (Å²) in [5.74, 6) is -0.808. The molecule has 29 heavy (non-hydrogen) atoms. The highest BCUT2D eigenvalue weighted by Gasteiger charge is 2.37. The average molecular weight is 397 g/mol. The predicted octanol–water partition coefficient (Wildman–Crippen LogP) is 2.23. The van der Waals surface area contributed by atoms with E-state index in [-0.39, 0.29) is 23.8 Å². The van der Waals surface area contributed by atoms with Crippen molar-refractivity contribution in [3.8, 4) is 22.6 Å². The van der Waals surface area contributed by atoms with Crippen LogP contribution in [-0.4, -0.2) is 46.0 Å². The molecule has 2 fully saturated rings. The molecule has 1 saturated heterocycles. The second-order valence-corrected chi connectivity index (χ2v) is 7.80. The zero-order valence-electron chi connectivity index (χ0n) is 15.7. The molecule has 8 heteroatoms. The summed E-state index contributed by atoms with van der Waals surface area (Å²) < 4.78 is 19.5. The summed E-state index contributed by atoms with van der Waals surface area (Å²) in [6.07, 6.45) is 3.86. The molecule has 150 valence electrons. The van der Waals surface area contributed by atoms with Gasteiger partial charge in [-0.1, -0.05) is 0 Å². The van der Waals surface area contributed by atoms with Crippen molar-refractivity contribution in [2.24, 2.45) is 5.92 Å². The lowest BCUT2D eigenvalue weighted by Crippen LogP contribution is -2.32. The maximum absolute atomic E-state index is 13.4. The summed E-state index contributed by atoms with van der Waals surface area (Å²) in [6, 6.07) is 4.76. The van der Waals surface area contributed by atoms with E-state index in [9.17, 15) is 19.1 Å². The van der Waals surface area contributed by atoms with E-state index >= 15 is 0 Å². The maximum atomic E-state index is 13.4. The average Bonchev–Trinajstić information content (AvgIpc) is 3.36. The van der Waals surface area contributed by atoms with Crippen molar-refractivity contribution >= 4 is 11.8 Å². The molecular weight excluding hydrogens is 377 g/mol. The van der Waals surface area contributed by atoms with Crippen LogP contribution in [0.3, 0.4) is 0 Å². The highest BCUT2D eigenvalue weighted by atomic mass is 19.1. The summed E-state index contributed by atoms with van der Waals surface area (Å²) >= 11 is 0. The van der Waals surface area contributed by atoms with Gasteiger partial charge in [-0.05, 0) is 42.2 Å². The monoisotopic (exact) mass is 397 g/mol. The van der Waals surface area contributed by atoms with E-state index in [4.69, 9.17) is 4.74 Å². The summed E-state index contributed by atoms with van der Waals surface area (Å²) in [4.78, 5) is 29.9. The molecule has 5 rings (SSSR count). The van der Waals surface area contributed by atoms with Gasteiger partial charge in [0.1, 0.15) is 11.9 Å². The lowest BCUT2D eigenvalue weighted by molar-refractivity contribution is -0.131. The van der Waals surface area contributed by atoms with Gasteiger partial charge >= 0.3 is 0 Å². The fraction of sp³-hybridized carbons (Fsp3) is 0.381. The first-order valence-corrected chi connectivity index (χ1v) is 9.75. The van der Waals surface area contributed by atoms with Gasteiger partial charge in [-0.3, -0.25) is 9.59 Å². The quantitative estimate of drug-likeness (QED) is 0.772. The molecule has 0 unspecified atom stereocenters. The number of aromatic hydroxyl groups is 1. The fourth-order valence-corrected chi connectivity index (χ4v) is 4.02. The number of fused-ring (bicyclic) bond motifs is 1. The number of nitrogens with zero attached hydrogens (tertiary/aromatic N) is 2. The number of carbonyl (C=O) groups is 2. The molecule has 2 N–H and O–H groups in total. The number of rotatable bonds is 4. The van der Waals surface area contributed by atoms with Crippen molar-refractivity contribution in [3.63, 3.8) is 0 Å². The molecule has 0 bridgehead atoms. The highest BCUT2D eigenvalue weighted by Crippen LogP contribution is 2.36. The second kappa shape index (κ2) is 6.72. The number of hydrogen-bond donors (Lipinski definition) is 2. The Balaban J connectivity index is 1.43. The molecule has 1 aromatic carbocycles. The molecule has 2 amide bonds. The van der Waals surface area contributed by atoms with Crippen LogP contribution >= 0.6 is 0 Å². The van der Waals surface area contributed by atoms with Crippen molar-refractivity contribution in [2.75, 3.05) is 13.1 Å². The largest absolute Gasteiger partial charge is 0.504 e. The number of hydrogen-bond acceptors (Lipinski definition) is 5. The molecule has 2 aliphatic heterocycles. The Kier molecular flexibility index (Phi) is 4.15. The second-order valence-electron chi connectivity index (χ2n) is 7.80. The van der Waals surface area contributed by atoms with Crippen molar-refractivity contribution in [2.45, 2.75) is 31.9 Å². The molecule has 1 aromatic heterocycles. The molecule has 0 radical (unpaired) electrons. The minimum atomic E-state index is -0.946. The third-order valence-corrected chi connectivity index (χ3v) is 5.71. The smallest absolute Gasteiger partial charge is 0.255 e. The Morgan fingerprint density at radius 3 is 2.79 bits per heavy atom. The number of likely N-dealkylation sites (tertiary alicyclic amines) is 1. The molecule has 1 atom stereocenters. The summed E-state index contributed by atoms with van der Waals surface area (Å²) in [5, 5.41) is 12.5. The number of amides is 2. The van der Waals surface area contributed by atoms with Crippen LogP contribution in [0.25, 0.3) is 11.1 Å². The molecule has 1 aliphatic carbocycles. The van der Waals surface area contributed by atoms with Gasteiger partial charge in [-0.25, -0.2) is 4.98 Å². The minimum absolute atomic E-state index is 0.146. The first-order chi connectivity index (χ1) is 14.0. The van der Waals surface area contributed by atoms with E-state index in [0.29, 0.717) is 42.1 Å². The van der Waals surface area contributed by atoms with Crippen molar-refractivity contribution in [1.82, 2.24) is 15.2 Å². The lowest BCUT2D eigenvalue weighted by Gasteiger charge is -2.18. The van der Waals surface area contributed by atoms with E-state index in [0.717, 1.165) is 24.8 Å². The number of carbonyl (C=O) groups excluding carboxylic acids is 2. The van der Waals surface area contributed by atoms with Gasteiger partial charge in [-0.15, -0.1) is 0 Å². The van der Waals surface area contributed by atoms with E-state index in [1.165, 1.54) is 12.3 Å². The zero-order valence-corrected chi connectivity index (χ0v) is 15.7. The van der Waals surface area contributed by atoms with Gasteiger partial charge in [0.25, 0.3) is 11.9 Å². The SMILES string of the molecule is O=C1NCc2c1cc(O[C@@H]1CCN(C(=O)C3CC3)C1)cc2-c1cnc(F)c(O)c1. The van der Waals surface area contributed by atoms with Crippen LogP contribution in [0.15, 0.2) is 24.4 Å². The molecule has 1 saturated carbocycles. The van der Waals surface area contributed by atoms with E-state index < -0.39 is 11.7 Å². The van der Waals surface area contributed by atoms with E-state index in [1.54, 1.807) is 12.1 Å². The predicted molar refractivity (Wildman–Crippen MR) is 101 cm³/mol. The standard InChI is InChI=1S/C21H20FN3O4/c22-19-18(26)5-12(8-23-19)15-6-14(7-16-17(15)9-24-20(16)27)29-13-3-4-25(10-13)21(28)11-1-2-11/h5-8,11,13,26H,1-4,9-10H2,(H,24,27)/t13-/m1/s1. The Bertz CT molecular complexity index is 1020. The Morgan fingerprint density at radius 2 is 2.03 bits per heavy atom. The van der Waals surface area contributed by atoms with Gasteiger partial charge in [0.05, 0.1) is 6.54 Å². The molecule has 2 aromatic rings. The van der Waals surface area contributed by atoms with Gasteiger partial charge in [-0.2, -0.15) is 4.39 Å². The van der Waals surface area contributed by atoms with Crippen LogP contribution in [0.5, 0.6) is 11.5 Å². The topological polar surface area (TPSA) is 91.8 Å². The Labute approximate surface area is 166 Å². The zero-order chi connectivity index (χ0) is 20.1. The summed E-state index contributed by atoms with van der Waals surface area (Å²) in [5.41, 5.74) is 2.40. The van der Waals surface area contributed by atoms with Gasteiger partial charge in [0.2, 0.25) is 5.91 Å². The van der Waals surface area contributed by atoms with Crippen molar-refractivity contribution < 1.29 is 23.8 Å². The highest BCUT2D eigenvalue weighted by molar-refractivity contribution is 6.01. The third-order valence-electron chi connectivity index (χ3n) is 5.71. The molecule has 0 spiro atoms. The number of aromatic nitrogens is 1. The van der Waals surface area contributed by atoms with Crippen LogP contribution in [0.2, 0.25) is 0 Å². The summed E-state index contributed by atoms with van der Waals surface area (Å²) in [6.45, 7) is 1.55. The normalized spacial score (nSPS) is 20.5. The fourth-order valence-electron chi connectivity index (χ4n) is 4.02. The lowest BCUT2D eigenvalue weighted by atomic mass is 9.97. The number of benzene rings is 1. The molecule has 3 heterocycles. The number of ether oxygens (including phenoxy) is 1.